The molecule has 1 aliphatic rings. The molecular weight excluding hydrogens is 334 g/mol. The Morgan fingerprint density at radius 3 is 2.62 bits per heavy atom. The topological polar surface area (TPSA) is 41.0 Å². The van der Waals surface area contributed by atoms with Gasteiger partial charge >= 0.3 is 0 Å². The number of aromatic nitrogens is 2. The van der Waals surface area contributed by atoms with Crippen LogP contribution < -0.4 is 10.2 Å². The molecule has 4 rings (SSSR count). The molecule has 6 heteroatoms. The van der Waals surface area contributed by atoms with E-state index in [0.717, 1.165) is 26.1 Å². The first-order valence-electron chi connectivity index (χ1n) is 8.87. The number of nitrogens with one attached hydrogen (secondary N) is 1. The summed E-state index contributed by atoms with van der Waals surface area (Å²) in [5, 5.41) is 4.01. The van der Waals surface area contributed by atoms with Gasteiger partial charge in [-0.25, -0.2) is 18.7 Å². The lowest BCUT2D eigenvalue weighted by atomic mass is 10.1. The van der Waals surface area contributed by atoms with Gasteiger partial charge in [-0.05, 0) is 24.6 Å². The van der Waals surface area contributed by atoms with Crippen LogP contribution in [-0.2, 0) is 0 Å². The first-order chi connectivity index (χ1) is 12.7. The van der Waals surface area contributed by atoms with Crippen molar-refractivity contribution in [3.05, 3.63) is 54.1 Å². The van der Waals surface area contributed by atoms with Gasteiger partial charge in [-0.1, -0.05) is 31.2 Å². The summed E-state index contributed by atoms with van der Waals surface area (Å²) in [5.41, 5.74) is 0.883. The molecule has 1 N–H and O–H groups in total. The molecule has 1 atom stereocenters. The van der Waals surface area contributed by atoms with Gasteiger partial charge in [0.15, 0.2) is 0 Å². The minimum absolute atomic E-state index is 0.101. The molecule has 1 aliphatic heterocycles. The highest BCUT2D eigenvalue weighted by Gasteiger charge is 2.25. The van der Waals surface area contributed by atoms with Crippen molar-refractivity contribution in [2.45, 2.75) is 19.4 Å². The van der Waals surface area contributed by atoms with E-state index in [9.17, 15) is 8.78 Å². The first kappa shape index (κ1) is 16.8. The van der Waals surface area contributed by atoms with Gasteiger partial charge in [0.25, 0.3) is 0 Å². The Balaban J connectivity index is 1.95. The Labute approximate surface area is 150 Å². The van der Waals surface area contributed by atoms with E-state index in [-0.39, 0.29) is 11.6 Å². The molecule has 3 aromatic rings. The molecule has 26 heavy (non-hydrogen) atoms. The fraction of sp³-hybridized carbons (Fsp3) is 0.300. The Morgan fingerprint density at radius 2 is 1.85 bits per heavy atom. The van der Waals surface area contributed by atoms with Crippen LogP contribution in [0.15, 0.2) is 42.5 Å². The largest absolute Gasteiger partial charge is 0.335 e. The summed E-state index contributed by atoms with van der Waals surface area (Å²) in [4.78, 5) is 11.4. The van der Waals surface area contributed by atoms with Gasteiger partial charge in [0.05, 0.1) is 16.8 Å². The van der Waals surface area contributed by atoms with E-state index in [1.165, 1.54) is 18.2 Å². The summed E-state index contributed by atoms with van der Waals surface area (Å²) in [6.07, 6.45) is 0.937. The Kier molecular flexibility index (Phi) is 4.51. The van der Waals surface area contributed by atoms with Crippen LogP contribution in [-0.4, -0.2) is 35.6 Å². The van der Waals surface area contributed by atoms with E-state index in [2.05, 4.69) is 27.1 Å². The van der Waals surface area contributed by atoms with Crippen molar-refractivity contribution in [1.82, 2.24) is 15.3 Å². The summed E-state index contributed by atoms with van der Waals surface area (Å²) in [6.45, 7) is 4.55. The molecule has 0 aliphatic carbocycles. The van der Waals surface area contributed by atoms with Gasteiger partial charge in [0.1, 0.15) is 11.6 Å². The SMILES string of the molecule is CCC1CNCCN1c1nc(-c2c(F)cccc2F)c2ccccc2n1. The number of fused-ring (bicyclic) bond motifs is 1. The van der Waals surface area contributed by atoms with Crippen LogP contribution in [0.4, 0.5) is 14.7 Å². The van der Waals surface area contributed by atoms with Crippen molar-refractivity contribution in [1.29, 1.82) is 0 Å². The van der Waals surface area contributed by atoms with Crippen molar-refractivity contribution in [3.8, 4) is 11.3 Å². The van der Waals surface area contributed by atoms with Crippen LogP contribution in [0.2, 0.25) is 0 Å². The van der Waals surface area contributed by atoms with E-state index < -0.39 is 11.6 Å². The highest BCUT2D eigenvalue weighted by molar-refractivity contribution is 5.93. The fourth-order valence-corrected chi connectivity index (χ4v) is 3.50. The summed E-state index contributed by atoms with van der Waals surface area (Å²) in [7, 11) is 0. The molecule has 0 amide bonds. The van der Waals surface area contributed by atoms with Gasteiger partial charge in [-0.15, -0.1) is 0 Å². The number of hydrogen-bond acceptors (Lipinski definition) is 4. The molecule has 0 radical (unpaired) electrons. The van der Waals surface area contributed by atoms with E-state index >= 15 is 0 Å². The zero-order valence-corrected chi connectivity index (χ0v) is 14.5. The number of rotatable bonds is 3. The minimum Gasteiger partial charge on any atom is -0.335 e. The minimum atomic E-state index is -0.618. The second kappa shape index (κ2) is 6.96. The number of halogens is 2. The lowest BCUT2D eigenvalue weighted by Gasteiger charge is -2.36. The molecule has 1 aromatic heterocycles. The van der Waals surface area contributed by atoms with Crippen LogP contribution in [0, 0.1) is 11.6 Å². The van der Waals surface area contributed by atoms with Crippen LogP contribution in [0.1, 0.15) is 13.3 Å². The average molecular weight is 354 g/mol. The van der Waals surface area contributed by atoms with Crippen molar-refractivity contribution in [3.63, 3.8) is 0 Å². The first-order valence-corrected chi connectivity index (χ1v) is 8.87. The van der Waals surface area contributed by atoms with Crippen LogP contribution in [0.25, 0.3) is 22.2 Å². The second-order valence-electron chi connectivity index (χ2n) is 6.45. The van der Waals surface area contributed by atoms with Gasteiger partial charge in [-0.2, -0.15) is 0 Å². The molecule has 134 valence electrons. The molecular formula is C20H20F2N4. The Hall–Kier alpha value is -2.60. The van der Waals surface area contributed by atoms with Crippen LogP contribution >= 0.6 is 0 Å². The van der Waals surface area contributed by atoms with Gasteiger partial charge in [-0.3, -0.25) is 0 Å². The zero-order valence-electron chi connectivity index (χ0n) is 14.5. The number of piperazine rings is 1. The lowest BCUT2D eigenvalue weighted by molar-refractivity contribution is 0.460. The average Bonchev–Trinajstić information content (AvgIpc) is 2.67. The van der Waals surface area contributed by atoms with Gasteiger partial charge in [0, 0.05) is 31.1 Å². The molecule has 4 nitrogen and oxygen atoms in total. The number of nitrogens with zero attached hydrogens (tertiary/aromatic N) is 3. The molecule has 1 saturated heterocycles. The fourth-order valence-electron chi connectivity index (χ4n) is 3.50. The highest BCUT2D eigenvalue weighted by atomic mass is 19.1. The van der Waals surface area contributed by atoms with Crippen molar-refractivity contribution >= 4 is 16.9 Å². The lowest BCUT2D eigenvalue weighted by Crippen LogP contribution is -2.51. The highest BCUT2D eigenvalue weighted by Crippen LogP contribution is 2.32. The number of anilines is 1. The van der Waals surface area contributed by atoms with E-state index in [1.807, 2.05) is 18.2 Å². The number of hydrogen-bond donors (Lipinski definition) is 1. The number of benzene rings is 2. The predicted octanol–water partition coefficient (Wildman–Crippen LogP) is 3.76. The molecule has 1 unspecified atom stereocenters. The molecule has 0 bridgehead atoms. The third-order valence-corrected chi connectivity index (χ3v) is 4.87. The summed E-state index contributed by atoms with van der Waals surface area (Å²) in [6, 6.07) is 11.5. The Morgan fingerprint density at radius 1 is 1.08 bits per heavy atom. The third kappa shape index (κ3) is 2.90. The molecule has 1 fully saturated rings. The van der Waals surface area contributed by atoms with Crippen molar-refractivity contribution in [2.75, 3.05) is 24.5 Å². The maximum Gasteiger partial charge on any atom is 0.226 e. The predicted molar refractivity (Wildman–Crippen MR) is 99.2 cm³/mol. The molecule has 0 saturated carbocycles. The van der Waals surface area contributed by atoms with Crippen molar-refractivity contribution < 1.29 is 8.78 Å². The van der Waals surface area contributed by atoms with Gasteiger partial charge < -0.3 is 10.2 Å². The molecule has 2 heterocycles. The smallest absolute Gasteiger partial charge is 0.226 e. The Bertz CT molecular complexity index is 924. The normalized spacial score (nSPS) is 17.7. The van der Waals surface area contributed by atoms with Gasteiger partial charge in [0.2, 0.25) is 5.95 Å². The van der Waals surface area contributed by atoms with E-state index in [4.69, 9.17) is 0 Å². The summed E-state index contributed by atoms with van der Waals surface area (Å²) in [5.74, 6) is -0.714. The second-order valence-corrected chi connectivity index (χ2v) is 6.45. The third-order valence-electron chi connectivity index (χ3n) is 4.87. The molecule has 2 aromatic carbocycles. The molecule has 0 spiro atoms. The van der Waals surface area contributed by atoms with Crippen molar-refractivity contribution in [2.24, 2.45) is 0 Å². The van der Waals surface area contributed by atoms with E-state index in [0.29, 0.717) is 22.5 Å². The summed E-state index contributed by atoms with van der Waals surface area (Å²) < 4.78 is 28.9. The summed E-state index contributed by atoms with van der Waals surface area (Å²) >= 11 is 0. The maximum atomic E-state index is 14.5. The standard InChI is InChI=1S/C20H20F2N4/c1-2-13-12-23-10-11-26(13)20-24-17-9-4-3-6-14(17)19(25-20)18-15(21)7-5-8-16(18)22/h3-9,13,23H,2,10-12H2,1H3. The van der Waals surface area contributed by atoms with E-state index in [1.54, 1.807) is 6.07 Å². The monoisotopic (exact) mass is 354 g/mol. The van der Waals surface area contributed by atoms with Crippen LogP contribution in [0.3, 0.4) is 0 Å². The zero-order chi connectivity index (χ0) is 18.1. The maximum absolute atomic E-state index is 14.5. The number of para-hydroxylation sites is 1. The quantitative estimate of drug-likeness (QED) is 0.777. The van der Waals surface area contributed by atoms with Crippen LogP contribution in [0.5, 0.6) is 0 Å².